The van der Waals surface area contributed by atoms with Gasteiger partial charge >= 0.3 is 12.4 Å². The number of pyridine rings is 1. The summed E-state index contributed by atoms with van der Waals surface area (Å²) in [6, 6.07) is 16.9. The Labute approximate surface area is 356 Å². The molecule has 0 atom stereocenters. The second-order valence-corrected chi connectivity index (χ2v) is 17.0. The van der Waals surface area contributed by atoms with Gasteiger partial charge in [0.15, 0.2) is 11.7 Å². The Hall–Kier alpha value is -3.53. The minimum atomic E-state index is -5.55. The van der Waals surface area contributed by atoms with Gasteiger partial charge in [-0.15, -0.1) is 40.5 Å². The van der Waals surface area contributed by atoms with E-state index in [0.717, 1.165) is 70.5 Å². The molecule has 0 aliphatic rings. The van der Waals surface area contributed by atoms with Crippen LogP contribution in [0, 0.1) is 45.6 Å². The Bertz CT molecular complexity index is 2220. The summed E-state index contributed by atoms with van der Waals surface area (Å²) in [5, 5.41) is 11.5. The first-order chi connectivity index (χ1) is 26.5. The van der Waals surface area contributed by atoms with E-state index < -0.39 is 23.8 Å². The zero-order valence-corrected chi connectivity index (χ0v) is 38.3. The molecule has 3 nitrogen and oxygen atoms in total. The van der Waals surface area contributed by atoms with Crippen LogP contribution in [0.15, 0.2) is 60.5 Å². The van der Waals surface area contributed by atoms with E-state index >= 15 is 0 Å². The van der Waals surface area contributed by atoms with Gasteiger partial charge < -0.3 is 5.11 Å². The van der Waals surface area contributed by atoms with Crippen molar-refractivity contribution in [1.29, 1.82) is 0 Å². The maximum atomic E-state index is 14.1. The van der Waals surface area contributed by atoms with Gasteiger partial charge in [-0.25, -0.2) is 0 Å². The Morgan fingerprint density at radius 1 is 0.845 bits per heavy atom. The summed E-state index contributed by atoms with van der Waals surface area (Å²) in [5.74, 6) is -3.12. The minimum absolute atomic E-state index is 0. The van der Waals surface area contributed by atoms with E-state index in [4.69, 9.17) is 0 Å². The molecule has 1 radical (unpaired) electrons. The summed E-state index contributed by atoms with van der Waals surface area (Å²) < 4.78 is 84.9. The van der Waals surface area contributed by atoms with Crippen molar-refractivity contribution < 1.29 is 56.3 Å². The summed E-state index contributed by atoms with van der Waals surface area (Å²) in [7, 11) is 0. The molecular formula is C47H54F6IrNO2S-. The molecule has 0 bridgehead atoms. The van der Waals surface area contributed by atoms with E-state index in [0.29, 0.717) is 21.7 Å². The average Bonchev–Trinajstić information content (AvgIpc) is 3.43. The molecule has 11 heteroatoms. The monoisotopic (exact) mass is 1000 g/mol. The van der Waals surface area contributed by atoms with Crippen molar-refractivity contribution in [3.63, 3.8) is 0 Å². The summed E-state index contributed by atoms with van der Waals surface area (Å²) in [6.07, 6.45) is -5.43. The van der Waals surface area contributed by atoms with E-state index in [-0.39, 0.29) is 59.0 Å². The van der Waals surface area contributed by atoms with Crippen LogP contribution >= 0.6 is 11.3 Å². The summed E-state index contributed by atoms with van der Waals surface area (Å²) in [4.78, 5) is 16.7. The van der Waals surface area contributed by atoms with Crippen LogP contribution in [0.1, 0.15) is 113 Å². The summed E-state index contributed by atoms with van der Waals surface area (Å²) in [6.45, 7) is 21.6. The number of aromatic nitrogens is 1. The third kappa shape index (κ3) is 10.6. The SMILES string of the molecule is CCC(CC)C(=O)/C=C(\O)C(CC)CC.Cc1cc(C)c(-c2sc3c(-c4[c-]c5ccccc5c(C(C)(C)C)c4)ncc(C(C(F)(F)F)C(F)(F)F)c3c2C)c(C)c1.[Ir]. The standard InChI is InChI=1S/C34H30F6NS.C13H24O2.Ir/c1-17-12-18(2)26(19(3)13-17)29-20(4)27-24(31(33(35,36)37)34(38,39)40)16-41-28(30(27)42-29)22-14-21-10-8-9-11-23(21)25(15-22)32(5,6)7;1-5-10(6-2)12(14)9-13(15)11(7-3)8-4;/h8-13,15-16,31H,1-7H3;9-11,14H,5-8H2,1-4H3;/q-1;;/b;12-9-;. The molecule has 0 unspecified atom stereocenters. The van der Waals surface area contributed by atoms with Crippen LogP contribution in [0.2, 0.25) is 0 Å². The molecule has 317 valence electrons. The third-order valence-corrected chi connectivity index (χ3v) is 12.1. The van der Waals surface area contributed by atoms with Crippen LogP contribution in [0.3, 0.4) is 0 Å². The van der Waals surface area contributed by atoms with Crippen molar-refractivity contribution in [2.24, 2.45) is 11.8 Å². The number of aryl methyl sites for hydroxylation is 4. The van der Waals surface area contributed by atoms with Crippen molar-refractivity contribution in [1.82, 2.24) is 4.98 Å². The van der Waals surface area contributed by atoms with Crippen molar-refractivity contribution in [3.8, 4) is 21.7 Å². The topological polar surface area (TPSA) is 50.2 Å². The third-order valence-electron chi connectivity index (χ3n) is 10.8. The van der Waals surface area contributed by atoms with Crippen molar-refractivity contribution >= 4 is 38.0 Å². The smallest absolute Gasteiger partial charge is 0.404 e. The first kappa shape index (κ1) is 48.8. The maximum absolute atomic E-state index is 14.1. The maximum Gasteiger partial charge on any atom is 0.404 e. The number of alkyl halides is 6. The van der Waals surface area contributed by atoms with Crippen LogP contribution in [0.5, 0.6) is 0 Å². The molecule has 2 heterocycles. The molecule has 0 aliphatic heterocycles. The molecule has 0 fully saturated rings. The zero-order valence-electron chi connectivity index (χ0n) is 35.1. The normalized spacial score (nSPS) is 12.7. The van der Waals surface area contributed by atoms with E-state index in [1.807, 2.05) is 90.9 Å². The van der Waals surface area contributed by atoms with Gasteiger partial charge in [0, 0.05) is 59.5 Å². The van der Waals surface area contributed by atoms with Gasteiger partial charge in [-0.1, -0.05) is 95.3 Å². The fourth-order valence-electron chi connectivity index (χ4n) is 7.77. The fourth-order valence-corrected chi connectivity index (χ4v) is 9.28. The Morgan fingerprint density at radius 3 is 1.88 bits per heavy atom. The number of allylic oxidation sites excluding steroid dienone is 2. The van der Waals surface area contributed by atoms with Gasteiger partial charge in [-0.2, -0.15) is 26.3 Å². The molecule has 0 saturated heterocycles. The molecule has 5 aromatic rings. The molecule has 2 aromatic heterocycles. The number of fused-ring (bicyclic) bond motifs is 2. The molecule has 0 spiro atoms. The number of benzene rings is 3. The van der Waals surface area contributed by atoms with Gasteiger partial charge in [-0.05, 0) is 92.0 Å². The number of carbonyl (C=O) groups excluding carboxylic acids is 1. The Kier molecular flexibility index (Phi) is 16.2. The largest absolute Gasteiger partial charge is 0.512 e. The summed E-state index contributed by atoms with van der Waals surface area (Å²) in [5.41, 5.74) is 4.63. The van der Waals surface area contributed by atoms with E-state index in [1.54, 1.807) is 6.92 Å². The number of halogens is 6. The molecule has 0 aliphatic carbocycles. The molecule has 58 heavy (non-hydrogen) atoms. The first-order valence-corrected chi connectivity index (χ1v) is 20.3. The van der Waals surface area contributed by atoms with E-state index in [1.165, 1.54) is 17.4 Å². The van der Waals surface area contributed by atoms with Gasteiger partial charge in [-0.3, -0.25) is 9.78 Å². The van der Waals surface area contributed by atoms with Crippen LogP contribution in [0.4, 0.5) is 26.3 Å². The average molecular weight is 1000 g/mol. The van der Waals surface area contributed by atoms with Crippen molar-refractivity contribution in [3.05, 3.63) is 99.9 Å². The number of carbonyl (C=O) groups is 1. The number of aliphatic hydroxyl groups excluding tert-OH is 1. The van der Waals surface area contributed by atoms with Gasteiger partial charge in [0.05, 0.1) is 5.76 Å². The number of aliphatic hydroxyl groups is 1. The van der Waals surface area contributed by atoms with E-state index in [9.17, 15) is 36.2 Å². The fraction of sp³-hybridized carbons (Fsp3) is 0.447. The second-order valence-electron chi connectivity index (χ2n) is 16.0. The number of nitrogens with zero attached hydrogens (tertiary/aromatic N) is 1. The number of rotatable bonds is 10. The molecular weight excluding hydrogens is 949 g/mol. The van der Waals surface area contributed by atoms with Gasteiger partial charge in [0.2, 0.25) is 0 Å². The number of ketones is 1. The summed E-state index contributed by atoms with van der Waals surface area (Å²) >= 11 is 1.19. The van der Waals surface area contributed by atoms with Crippen LogP contribution in [0.25, 0.3) is 42.6 Å². The van der Waals surface area contributed by atoms with Crippen LogP contribution < -0.4 is 0 Å². The van der Waals surface area contributed by atoms with Crippen molar-refractivity contribution in [2.75, 3.05) is 0 Å². The minimum Gasteiger partial charge on any atom is -0.512 e. The number of hydrogen-bond donors (Lipinski definition) is 1. The van der Waals surface area contributed by atoms with Crippen LogP contribution in [-0.2, 0) is 30.3 Å². The second kappa shape index (κ2) is 19.2. The first-order valence-electron chi connectivity index (χ1n) is 19.5. The van der Waals surface area contributed by atoms with E-state index in [2.05, 4.69) is 31.8 Å². The molecule has 0 saturated carbocycles. The molecule has 1 N–H and O–H groups in total. The predicted octanol–water partition coefficient (Wildman–Crippen LogP) is 15.2. The Morgan fingerprint density at radius 2 is 1.38 bits per heavy atom. The van der Waals surface area contributed by atoms with Crippen molar-refractivity contribution in [2.45, 2.75) is 126 Å². The van der Waals surface area contributed by atoms with Crippen LogP contribution in [-0.4, -0.2) is 28.2 Å². The number of thiophene rings is 1. The van der Waals surface area contributed by atoms with Gasteiger partial charge in [0.1, 0.15) is 0 Å². The zero-order chi connectivity index (χ0) is 42.8. The Balaban J connectivity index is 0.000000480. The predicted molar refractivity (Wildman–Crippen MR) is 223 cm³/mol. The molecule has 0 amide bonds. The molecule has 5 rings (SSSR count). The quantitative estimate of drug-likeness (QED) is 0.0656. The number of hydrogen-bond acceptors (Lipinski definition) is 4. The molecule has 3 aromatic carbocycles. The van der Waals surface area contributed by atoms with Gasteiger partial charge in [0.25, 0.3) is 0 Å².